The Morgan fingerprint density at radius 1 is 1.39 bits per heavy atom. The van der Waals surface area contributed by atoms with Crippen molar-refractivity contribution in [1.29, 1.82) is 0 Å². The van der Waals surface area contributed by atoms with Crippen molar-refractivity contribution in [1.82, 2.24) is 9.71 Å². The minimum Gasteiger partial charge on any atom is -0.495 e. The second kappa shape index (κ2) is 7.60. The molecule has 1 saturated heterocycles. The summed E-state index contributed by atoms with van der Waals surface area (Å²) < 4.78 is 8.67. The van der Waals surface area contributed by atoms with Crippen LogP contribution in [0, 0.1) is 5.92 Å². The third-order valence-electron chi connectivity index (χ3n) is 4.46. The maximum Gasteiger partial charge on any atom is 0.139 e. The zero-order valence-corrected chi connectivity index (χ0v) is 15.1. The van der Waals surface area contributed by atoms with Gasteiger partial charge in [0.2, 0.25) is 0 Å². The average Bonchev–Trinajstić information content (AvgIpc) is 2.59. The van der Waals surface area contributed by atoms with Crippen molar-refractivity contribution in [3.8, 4) is 5.75 Å². The molecule has 6 heteroatoms. The molecule has 4 nitrogen and oxygen atoms in total. The molecule has 124 valence electrons. The molecule has 3 rings (SSSR count). The molecule has 2 heterocycles. The van der Waals surface area contributed by atoms with E-state index in [2.05, 4.69) is 26.9 Å². The molecule has 23 heavy (non-hydrogen) atoms. The van der Waals surface area contributed by atoms with Gasteiger partial charge in [0.15, 0.2) is 0 Å². The summed E-state index contributed by atoms with van der Waals surface area (Å²) in [6, 6.07) is 5.97. The van der Waals surface area contributed by atoms with Crippen molar-refractivity contribution in [2.45, 2.75) is 12.8 Å². The standard InChI is InChI=1S/C17H22ClN3OS/c1-22-17-10-15-13(9-14(17)18)16(3-6-19-15)21-7-4-12(5-8-21)11-20-23-2/h3,6,9-10,12,20H,4-5,7-8,11H2,1-2H3. The quantitative estimate of drug-likeness (QED) is 0.825. The SMILES string of the molecule is COc1cc2nccc(N3CCC(CNSC)CC3)c2cc1Cl. The number of halogens is 1. The molecule has 1 aliphatic rings. The first-order valence-electron chi connectivity index (χ1n) is 7.86. The molecule has 0 aliphatic carbocycles. The number of anilines is 1. The number of rotatable bonds is 5. The van der Waals surface area contributed by atoms with E-state index in [1.807, 2.05) is 18.3 Å². The molecule has 2 aromatic rings. The number of nitrogens with zero attached hydrogens (tertiary/aromatic N) is 2. The molecule has 1 aliphatic heterocycles. The van der Waals surface area contributed by atoms with Gasteiger partial charge in [-0.2, -0.15) is 0 Å². The maximum atomic E-state index is 6.31. The van der Waals surface area contributed by atoms with Crippen LogP contribution in [0.15, 0.2) is 24.4 Å². The van der Waals surface area contributed by atoms with Gasteiger partial charge in [-0.1, -0.05) is 23.5 Å². The van der Waals surface area contributed by atoms with Gasteiger partial charge in [0.1, 0.15) is 5.75 Å². The van der Waals surface area contributed by atoms with Crippen LogP contribution in [-0.2, 0) is 0 Å². The minimum absolute atomic E-state index is 0.633. The Kier molecular flexibility index (Phi) is 5.51. The molecule has 1 aromatic carbocycles. The Morgan fingerprint density at radius 2 is 2.17 bits per heavy atom. The summed E-state index contributed by atoms with van der Waals surface area (Å²) >= 11 is 8.01. The Morgan fingerprint density at radius 3 is 2.87 bits per heavy atom. The summed E-state index contributed by atoms with van der Waals surface area (Å²) in [5.74, 6) is 1.43. The van der Waals surface area contributed by atoms with Gasteiger partial charge in [0, 0.05) is 43.0 Å². The Hall–Kier alpha value is -1.17. The van der Waals surface area contributed by atoms with E-state index in [-0.39, 0.29) is 0 Å². The lowest BCUT2D eigenvalue weighted by molar-refractivity contribution is 0.407. The van der Waals surface area contributed by atoms with E-state index in [1.165, 1.54) is 18.5 Å². The van der Waals surface area contributed by atoms with Crippen LogP contribution in [0.5, 0.6) is 5.75 Å². The predicted octanol–water partition coefficient (Wildman–Crippen LogP) is 3.98. The number of piperidine rings is 1. The first kappa shape index (κ1) is 16.7. The van der Waals surface area contributed by atoms with E-state index in [1.54, 1.807) is 19.1 Å². The van der Waals surface area contributed by atoms with Gasteiger partial charge in [0.05, 0.1) is 17.6 Å². The fourth-order valence-electron chi connectivity index (χ4n) is 3.14. The van der Waals surface area contributed by atoms with Crippen molar-refractivity contribution in [2.24, 2.45) is 5.92 Å². The molecule has 1 N–H and O–H groups in total. The Bertz CT molecular complexity index is 674. The largest absolute Gasteiger partial charge is 0.495 e. The van der Waals surface area contributed by atoms with Crippen molar-refractivity contribution < 1.29 is 4.74 Å². The monoisotopic (exact) mass is 351 g/mol. The zero-order chi connectivity index (χ0) is 16.2. The van der Waals surface area contributed by atoms with Gasteiger partial charge in [-0.25, -0.2) is 0 Å². The first-order chi connectivity index (χ1) is 11.2. The van der Waals surface area contributed by atoms with Crippen LogP contribution in [0.25, 0.3) is 10.9 Å². The summed E-state index contributed by atoms with van der Waals surface area (Å²) in [6.07, 6.45) is 6.37. The first-order valence-corrected chi connectivity index (χ1v) is 9.46. The molecule has 1 aromatic heterocycles. The highest BCUT2D eigenvalue weighted by Crippen LogP contribution is 2.35. The predicted molar refractivity (Wildman–Crippen MR) is 99.8 cm³/mol. The molecule has 0 amide bonds. The van der Waals surface area contributed by atoms with E-state index in [4.69, 9.17) is 16.3 Å². The van der Waals surface area contributed by atoms with Crippen LogP contribution < -0.4 is 14.4 Å². The number of hydrogen-bond donors (Lipinski definition) is 1. The van der Waals surface area contributed by atoms with Gasteiger partial charge < -0.3 is 9.64 Å². The lowest BCUT2D eigenvalue weighted by Crippen LogP contribution is -2.36. The maximum absolute atomic E-state index is 6.31. The summed E-state index contributed by atoms with van der Waals surface area (Å²) in [6.45, 7) is 3.24. The van der Waals surface area contributed by atoms with E-state index in [0.29, 0.717) is 10.8 Å². The van der Waals surface area contributed by atoms with Crippen molar-refractivity contribution >= 4 is 40.1 Å². The highest BCUT2D eigenvalue weighted by molar-refractivity contribution is 7.96. The van der Waals surface area contributed by atoms with Crippen molar-refractivity contribution in [2.75, 3.05) is 37.9 Å². The fraction of sp³-hybridized carbons (Fsp3) is 0.471. The van der Waals surface area contributed by atoms with Crippen LogP contribution in [-0.4, -0.2) is 38.0 Å². The number of ether oxygens (including phenoxy) is 1. The zero-order valence-electron chi connectivity index (χ0n) is 13.5. The summed E-state index contributed by atoms with van der Waals surface area (Å²) in [5.41, 5.74) is 2.14. The van der Waals surface area contributed by atoms with Crippen molar-refractivity contribution in [3.05, 3.63) is 29.4 Å². The third-order valence-corrected chi connectivity index (χ3v) is 5.21. The number of methoxy groups -OCH3 is 1. The minimum atomic E-state index is 0.633. The molecular formula is C17H22ClN3OS. The van der Waals surface area contributed by atoms with Gasteiger partial charge in [-0.15, -0.1) is 0 Å². The van der Waals surface area contributed by atoms with E-state index >= 15 is 0 Å². The van der Waals surface area contributed by atoms with Crippen LogP contribution in [0.2, 0.25) is 5.02 Å². The number of pyridine rings is 1. The normalized spacial score (nSPS) is 16.0. The smallest absolute Gasteiger partial charge is 0.139 e. The van der Waals surface area contributed by atoms with E-state index < -0.39 is 0 Å². The molecule has 0 atom stereocenters. The fourth-order valence-corrected chi connectivity index (χ4v) is 3.79. The van der Waals surface area contributed by atoms with Gasteiger partial charge in [-0.05, 0) is 37.1 Å². The molecule has 0 saturated carbocycles. The van der Waals surface area contributed by atoms with Crippen molar-refractivity contribution in [3.63, 3.8) is 0 Å². The summed E-state index contributed by atoms with van der Waals surface area (Å²) in [5, 5.41) is 1.73. The van der Waals surface area contributed by atoms with Crippen LogP contribution in [0.3, 0.4) is 0 Å². The van der Waals surface area contributed by atoms with Gasteiger partial charge in [-0.3, -0.25) is 9.71 Å². The van der Waals surface area contributed by atoms with E-state index in [9.17, 15) is 0 Å². The van der Waals surface area contributed by atoms with E-state index in [0.717, 1.165) is 36.5 Å². The van der Waals surface area contributed by atoms with Gasteiger partial charge in [0.25, 0.3) is 0 Å². The number of hydrogen-bond acceptors (Lipinski definition) is 5. The van der Waals surface area contributed by atoms with Gasteiger partial charge >= 0.3 is 0 Å². The topological polar surface area (TPSA) is 37.4 Å². The Labute approximate surface area is 146 Å². The number of fused-ring (bicyclic) bond motifs is 1. The summed E-state index contributed by atoms with van der Waals surface area (Å²) in [7, 11) is 1.63. The van der Waals surface area contributed by atoms with Crippen LogP contribution in [0.4, 0.5) is 5.69 Å². The number of aromatic nitrogens is 1. The molecule has 0 radical (unpaired) electrons. The molecule has 1 fully saturated rings. The second-order valence-electron chi connectivity index (χ2n) is 5.82. The third kappa shape index (κ3) is 3.67. The summed E-state index contributed by atoms with van der Waals surface area (Å²) in [4.78, 5) is 6.91. The van der Waals surface area contributed by atoms with Crippen LogP contribution in [0.1, 0.15) is 12.8 Å². The lowest BCUT2D eigenvalue weighted by atomic mass is 9.96. The number of nitrogens with one attached hydrogen (secondary N) is 1. The average molecular weight is 352 g/mol. The Balaban J connectivity index is 1.82. The second-order valence-corrected chi connectivity index (χ2v) is 6.92. The lowest BCUT2D eigenvalue weighted by Gasteiger charge is -2.34. The highest BCUT2D eigenvalue weighted by Gasteiger charge is 2.21. The highest BCUT2D eigenvalue weighted by atomic mass is 35.5. The molecule has 0 bridgehead atoms. The number of benzene rings is 1. The molecular weight excluding hydrogens is 330 g/mol. The molecule has 0 unspecified atom stereocenters. The van der Waals surface area contributed by atoms with Crippen LogP contribution >= 0.6 is 23.5 Å². The molecule has 0 spiro atoms.